The molecule has 0 saturated carbocycles. The van der Waals surface area contributed by atoms with Crippen molar-refractivity contribution in [1.82, 2.24) is 14.9 Å². The zero-order valence-electron chi connectivity index (χ0n) is 14.3. The third-order valence-corrected chi connectivity index (χ3v) is 5.51. The molecule has 1 aromatic rings. The van der Waals surface area contributed by atoms with E-state index >= 15 is 0 Å². The number of amides is 1. The fraction of sp³-hybridized carbons (Fsp3) is 0.533. The molecule has 0 bridgehead atoms. The predicted octanol–water partition coefficient (Wildman–Crippen LogP) is 1.50. The minimum atomic E-state index is -3.88. The molecule has 1 unspecified atom stereocenters. The lowest BCUT2D eigenvalue weighted by Crippen LogP contribution is -2.45. The van der Waals surface area contributed by atoms with Crippen LogP contribution >= 0.6 is 24.0 Å². The lowest BCUT2D eigenvalue weighted by molar-refractivity contribution is 0.0824. The van der Waals surface area contributed by atoms with Crippen LogP contribution in [0.15, 0.2) is 17.0 Å². The number of hydrogen-bond donors (Lipinski definition) is 2. The van der Waals surface area contributed by atoms with Crippen molar-refractivity contribution in [3.63, 3.8) is 0 Å². The van der Waals surface area contributed by atoms with Crippen molar-refractivity contribution in [2.24, 2.45) is 0 Å². The molecule has 0 radical (unpaired) electrons. The molecule has 7 nitrogen and oxygen atoms in total. The van der Waals surface area contributed by atoms with Crippen molar-refractivity contribution in [2.45, 2.75) is 23.8 Å². The zero-order chi connectivity index (χ0) is 17.9. The smallest absolute Gasteiger partial charge is 0.257 e. The normalized spacial score (nSPS) is 17.5. The molecule has 1 aromatic carbocycles. The first-order chi connectivity index (χ1) is 11.3. The molecular weight excluding hydrogens is 389 g/mol. The molecule has 142 valence electrons. The van der Waals surface area contributed by atoms with E-state index in [1.165, 1.54) is 24.1 Å². The van der Waals surface area contributed by atoms with Gasteiger partial charge in [-0.3, -0.25) is 4.79 Å². The molecule has 1 heterocycles. The number of carbonyl (C=O) groups is 1. The Morgan fingerprint density at radius 1 is 1.40 bits per heavy atom. The summed E-state index contributed by atoms with van der Waals surface area (Å²) in [5.74, 6) is -0.389. The van der Waals surface area contributed by atoms with Crippen molar-refractivity contribution in [1.29, 1.82) is 0 Å². The van der Waals surface area contributed by atoms with Gasteiger partial charge < -0.3 is 15.0 Å². The maximum Gasteiger partial charge on any atom is 0.257 e. The molecule has 1 aliphatic heterocycles. The van der Waals surface area contributed by atoms with Crippen LogP contribution in [-0.2, 0) is 10.0 Å². The van der Waals surface area contributed by atoms with Crippen LogP contribution in [0.1, 0.15) is 23.2 Å². The van der Waals surface area contributed by atoms with Crippen LogP contribution in [0.2, 0.25) is 5.02 Å². The number of hydrogen-bond acceptors (Lipinski definition) is 5. The monoisotopic (exact) mass is 411 g/mol. The highest BCUT2D eigenvalue weighted by Crippen LogP contribution is 2.32. The molecule has 10 heteroatoms. The molecule has 25 heavy (non-hydrogen) atoms. The van der Waals surface area contributed by atoms with Crippen molar-refractivity contribution in [3.05, 3.63) is 22.7 Å². The molecular formula is C15H23Cl2N3O4S. The van der Waals surface area contributed by atoms with Gasteiger partial charge in [-0.05, 0) is 31.5 Å². The van der Waals surface area contributed by atoms with Crippen molar-refractivity contribution >= 4 is 39.9 Å². The Balaban J connectivity index is 0.00000312. The maximum atomic E-state index is 12.8. The first-order valence-electron chi connectivity index (χ1n) is 7.58. The second-order valence-corrected chi connectivity index (χ2v) is 7.97. The van der Waals surface area contributed by atoms with Gasteiger partial charge in [-0.1, -0.05) is 11.6 Å². The summed E-state index contributed by atoms with van der Waals surface area (Å²) in [6, 6.07) is 2.50. The Morgan fingerprint density at radius 2 is 2.08 bits per heavy atom. The fourth-order valence-corrected chi connectivity index (χ4v) is 4.38. The first kappa shape index (κ1) is 22.0. The average molecular weight is 412 g/mol. The molecule has 2 rings (SSSR count). The molecule has 0 aromatic heterocycles. The topological polar surface area (TPSA) is 87.7 Å². The second-order valence-electron chi connectivity index (χ2n) is 5.85. The Hall–Kier alpha value is -1.06. The van der Waals surface area contributed by atoms with Gasteiger partial charge in [0.1, 0.15) is 4.90 Å². The van der Waals surface area contributed by atoms with Crippen LogP contribution < -0.4 is 14.8 Å². The number of benzene rings is 1. The SMILES string of the molecule is COc1c(C(=O)N(C)C)cc(Cl)cc1S(=O)(=O)NC1CCCNC1.Cl. The maximum absolute atomic E-state index is 12.8. The summed E-state index contributed by atoms with van der Waals surface area (Å²) < 4.78 is 33.4. The molecule has 1 fully saturated rings. The third-order valence-electron chi connectivity index (χ3n) is 3.77. The highest BCUT2D eigenvalue weighted by molar-refractivity contribution is 7.89. The summed E-state index contributed by atoms with van der Waals surface area (Å²) >= 11 is 6.05. The van der Waals surface area contributed by atoms with E-state index in [9.17, 15) is 13.2 Å². The number of methoxy groups -OCH3 is 1. The van der Waals surface area contributed by atoms with Crippen molar-refractivity contribution < 1.29 is 17.9 Å². The van der Waals surface area contributed by atoms with Gasteiger partial charge in [0.25, 0.3) is 5.91 Å². The zero-order valence-corrected chi connectivity index (χ0v) is 16.7. The lowest BCUT2D eigenvalue weighted by Gasteiger charge is -2.24. The number of piperidine rings is 1. The van der Waals surface area contributed by atoms with Gasteiger partial charge in [-0.25, -0.2) is 13.1 Å². The van der Waals surface area contributed by atoms with Gasteiger partial charge in [0.15, 0.2) is 5.75 Å². The molecule has 1 aliphatic rings. The number of halogens is 2. The molecule has 1 amide bonds. The van der Waals surface area contributed by atoms with Gasteiger partial charge in [0, 0.05) is 31.7 Å². The van der Waals surface area contributed by atoms with E-state index in [1.54, 1.807) is 14.1 Å². The molecule has 2 N–H and O–H groups in total. The summed E-state index contributed by atoms with van der Waals surface area (Å²) in [6.45, 7) is 1.44. The van der Waals surface area contributed by atoms with E-state index in [1.807, 2.05) is 0 Å². The standard InChI is InChI=1S/C15H22ClN3O4S.ClH/c1-19(2)15(20)12-7-10(16)8-13(14(12)23-3)24(21,22)18-11-5-4-6-17-9-11;/h7-8,11,17-18H,4-6,9H2,1-3H3;1H. The Kier molecular flexibility index (Phi) is 7.95. The number of nitrogens with one attached hydrogen (secondary N) is 2. The summed E-state index contributed by atoms with van der Waals surface area (Å²) in [6.07, 6.45) is 1.64. The van der Waals surface area contributed by atoms with E-state index < -0.39 is 10.0 Å². The Morgan fingerprint density at radius 3 is 2.60 bits per heavy atom. The molecule has 0 spiro atoms. The summed E-state index contributed by atoms with van der Waals surface area (Å²) in [7, 11) is 0.598. The third kappa shape index (κ3) is 5.21. The highest BCUT2D eigenvalue weighted by Gasteiger charge is 2.29. The van der Waals surface area contributed by atoms with Gasteiger partial charge >= 0.3 is 0 Å². The van der Waals surface area contributed by atoms with Gasteiger partial charge in [0.05, 0.1) is 12.7 Å². The van der Waals surface area contributed by atoms with Crippen LogP contribution in [-0.4, -0.2) is 59.6 Å². The largest absolute Gasteiger partial charge is 0.494 e. The van der Waals surface area contributed by atoms with E-state index in [-0.39, 0.29) is 45.6 Å². The summed E-state index contributed by atoms with van der Waals surface area (Å²) in [5.41, 5.74) is 0.108. The minimum absolute atomic E-state index is 0. The van der Waals surface area contributed by atoms with E-state index in [0.29, 0.717) is 6.54 Å². The quantitative estimate of drug-likeness (QED) is 0.766. The number of nitrogens with zero attached hydrogens (tertiary/aromatic N) is 1. The lowest BCUT2D eigenvalue weighted by atomic mass is 10.1. The van der Waals surface area contributed by atoms with E-state index in [4.69, 9.17) is 16.3 Å². The number of ether oxygens (including phenoxy) is 1. The fourth-order valence-electron chi connectivity index (χ4n) is 2.61. The van der Waals surface area contributed by atoms with E-state index in [0.717, 1.165) is 19.4 Å². The number of carbonyl (C=O) groups excluding carboxylic acids is 1. The summed E-state index contributed by atoms with van der Waals surface area (Å²) in [4.78, 5) is 13.5. The second kappa shape index (κ2) is 9.05. The van der Waals surface area contributed by atoms with Gasteiger partial charge in [-0.15, -0.1) is 12.4 Å². The predicted molar refractivity (Wildman–Crippen MR) is 99.5 cm³/mol. The highest BCUT2D eigenvalue weighted by atomic mass is 35.5. The van der Waals surface area contributed by atoms with Gasteiger partial charge in [0.2, 0.25) is 10.0 Å². The Bertz CT molecular complexity index is 720. The number of sulfonamides is 1. The van der Waals surface area contributed by atoms with E-state index in [2.05, 4.69) is 10.0 Å². The van der Waals surface area contributed by atoms with Crippen molar-refractivity contribution in [3.8, 4) is 5.75 Å². The molecule has 0 aliphatic carbocycles. The Labute approximate surface area is 159 Å². The van der Waals surface area contributed by atoms with Crippen LogP contribution in [0.5, 0.6) is 5.75 Å². The minimum Gasteiger partial charge on any atom is -0.494 e. The first-order valence-corrected chi connectivity index (χ1v) is 9.44. The summed E-state index contributed by atoms with van der Waals surface area (Å²) in [5, 5.41) is 3.30. The van der Waals surface area contributed by atoms with Crippen LogP contribution in [0.4, 0.5) is 0 Å². The van der Waals surface area contributed by atoms with Crippen LogP contribution in [0.25, 0.3) is 0 Å². The number of rotatable bonds is 5. The van der Waals surface area contributed by atoms with Gasteiger partial charge in [-0.2, -0.15) is 0 Å². The van der Waals surface area contributed by atoms with Crippen molar-refractivity contribution in [2.75, 3.05) is 34.3 Å². The van der Waals surface area contributed by atoms with Crippen LogP contribution in [0, 0.1) is 0 Å². The average Bonchev–Trinajstić information content (AvgIpc) is 2.53. The molecule has 1 saturated heterocycles. The molecule has 1 atom stereocenters. The van der Waals surface area contributed by atoms with Crippen LogP contribution in [0.3, 0.4) is 0 Å².